The molecule has 1 aliphatic heterocycles. The van der Waals surface area contributed by atoms with Crippen LogP contribution in [0, 0.1) is 0 Å². The maximum atomic E-state index is 6.10. The topological polar surface area (TPSA) is 36.9 Å². The van der Waals surface area contributed by atoms with Gasteiger partial charge in [-0.25, -0.2) is 0 Å². The molecule has 4 heteroatoms. The Morgan fingerprint density at radius 1 is 0.773 bits per heavy atom. The second kappa shape index (κ2) is 12.3. The van der Waals surface area contributed by atoms with Crippen molar-refractivity contribution < 1.29 is 18.9 Å². The van der Waals surface area contributed by atoms with Gasteiger partial charge in [-0.1, -0.05) is 40.0 Å². The van der Waals surface area contributed by atoms with E-state index in [-0.39, 0.29) is 24.4 Å². The maximum Gasteiger partial charge on any atom is 0.115 e. The molecule has 4 atom stereocenters. The average molecular weight is 316 g/mol. The number of hydrogen-bond donors (Lipinski definition) is 0. The van der Waals surface area contributed by atoms with Gasteiger partial charge in [0.25, 0.3) is 0 Å². The van der Waals surface area contributed by atoms with Crippen molar-refractivity contribution >= 4 is 0 Å². The average Bonchev–Trinajstić information content (AvgIpc) is 2.80. The van der Waals surface area contributed by atoms with Crippen molar-refractivity contribution in [3.63, 3.8) is 0 Å². The van der Waals surface area contributed by atoms with E-state index in [0.717, 1.165) is 58.3 Å². The van der Waals surface area contributed by atoms with E-state index in [1.807, 2.05) is 0 Å². The summed E-state index contributed by atoms with van der Waals surface area (Å²) < 4.78 is 24.0. The van der Waals surface area contributed by atoms with E-state index in [1.54, 1.807) is 0 Å². The largest absolute Gasteiger partial charge is 0.379 e. The highest BCUT2D eigenvalue weighted by Gasteiger charge is 2.43. The highest BCUT2D eigenvalue weighted by Crippen LogP contribution is 2.27. The SMILES string of the molecule is CCCCOC[C@H]1OC(C)[C@H](OCCCC)[C@@H]1OCCCC. The third kappa shape index (κ3) is 6.95. The second-order valence-corrected chi connectivity index (χ2v) is 6.19. The number of ether oxygens (including phenoxy) is 4. The minimum absolute atomic E-state index is 0.0000302. The molecule has 0 aromatic heterocycles. The van der Waals surface area contributed by atoms with Gasteiger partial charge in [-0.2, -0.15) is 0 Å². The molecule has 4 nitrogen and oxygen atoms in total. The maximum absolute atomic E-state index is 6.10. The van der Waals surface area contributed by atoms with E-state index in [1.165, 1.54) is 0 Å². The highest BCUT2D eigenvalue weighted by atomic mass is 16.6. The lowest BCUT2D eigenvalue weighted by molar-refractivity contribution is -0.0795. The Hall–Kier alpha value is -0.160. The zero-order valence-electron chi connectivity index (χ0n) is 15.0. The van der Waals surface area contributed by atoms with Crippen molar-refractivity contribution in [2.24, 2.45) is 0 Å². The fourth-order valence-corrected chi connectivity index (χ4v) is 2.65. The first-order valence-corrected chi connectivity index (χ1v) is 9.20. The summed E-state index contributed by atoms with van der Waals surface area (Å²) in [7, 11) is 0. The normalized spacial score (nSPS) is 28.4. The Bertz CT molecular complexity index is 259. The number of unbranched alkanes of at least 4 members (excludes halogenated alkanes) is 3. The first-order chi connectivity index (χ1) is 10.7. The van der Waals surface area contributed by atoms with E-state index < -0.39 is 0 Å². The fraction of sp³-hybridized carbons (Fsp3) is 1.00. The molecule has 0 amide bonds. The van der Waals surface area contributed by atoms with Gasteiger partial charge >= 0.3 is 0 Å². The van der Waals surface area contributed by atoms with Gasteiger partial charge in [-0.3, -0.25) is 0 Å². The summed E-state index contributed by atoms with van der Waals surface area (Å²) in [5.74, 6) is 0. The van der Waals surface area contributed by atoms with Crippen LogP contribution in [0.15, 0.2) is 0 Å². The van der Waals surface area contributed by atoms with Crippen LogP contribution < -0.4 is 0 Å². The first kappa shape index (κ1) is 19.9. The molecule has 0 radical (unpaired) electrons. The standard InChI is InChI=1S/C18H36O4/c1-5-8-11-19-14-16-18(21-13-10-7-3)17(15(4)22-16)20-12-9-6-2/h15-18H,5-14H2,1-4H3/t15?,16-,17+,18-/m1/s1. The van der Waals surface area contributed by atoms with Crippen molar-refractivity contribution in [3.8, 4) is 0 Å². The van der Waals surface area contributed by atoms with Crippen molar-refractivity contribution in [1.82, 2.24) is 0 Å². The Balaban J connectivity index is 2.48. The van der Waals surface area contributed by atoms with Gasteiger partial charge < -0.3 is 18.9 Å². The molecule has 0 N–H and O–H groups in total. The van der Waals surface area contributed by atoms with Crippen molar-refractivity contribution in [2.45, 2.75) is 90.6 Å². The highest BCUT2D eigenvalue weighted by molar-refractivity contribution is 4.91. The molecule has 0 bridgehead atoms. The molecule has 1 heterocycles. The molecule has 0 aliphatic carbocycles. The molecule has 1 unspecified atom stereocenters. The summed E-state index contributed by atoms with van der Waals surface area (Å²) in [6, 6.07) is 0. The summed E-state index contributed by atoms with van der Waals surface area (Å²) in [6.45, 7) is 11.6. The molecule has 0 aromatic rings. The Morgan fingerprint density at radius 3 is 1.91 bits per heavy atom. The predicted octanol–water partition coefficient (Wildman–Crippen LogP) is 3.96. The summed E-state index contributed by atoms with van der Waals surface area (Å²) in [5.41, 5.74) is 0. The smallest absolute Gasteiger partial charge is 0.115 e. The van der Waals surface area contributed by atoms with Gasteiger partial charge in [0.2, 0.25) is 0 Å². The molecule has 22 heavy (non-hydrogen) atoms. The predicted molar refractivity (Wildman–Crippen MR) is 89.4 cm³/mol. The number of rotatable bonds is 13. The summed E-state index contributed by atoms with van der Waals surface area (Å²) in [5, 5.41) is 0. The molecule has 0 spiro atoms. The molecule has 0 aromatic carbocycles. The molecule has 1 fully saturated rings. The molecule has 132 valence electrons. The Morgan fingerprint density at radius 2 is 1.32 bits per heavy atom. The van der Waals surface area contributed by atoms with Crippen LogP contribution in [-0.2, 0) is 18.9 Å². The Kier molecular flexibility index (Phi) is 11.1. The summed E-state index contributed by atoms with van der Waals surface area (Å²) in [4.78, 5) is 0. The van der Waals surface area contributed by atoms with E-state index in [2.05, 4.69) is 27.7 Å². The van der Waals surface area contributed by atoms with Gasteiger partial charge in [-0.05, 0) is 26.2 Å². The van der Waals surface area contributed by atoms with Gasteiger partial charge in [0.05, 0.1) is 12.7 Å². The lowest BCUT2D eigenvalue weighted by Gasteiger charge is -2.24. The lowest BCUT2D eigenvalue weighted by Crippen LogP contribution is -2.39. The summed E-state index contributed by atoms with van der Waals surface area (Å²) >= 11 is 0. The van der Waals surface area contributed by atoms with Crippen LogP contribution >= 0.6 is 0 Å². The monoisotopic (exact) mass is 316 g/mol. The van der Waals surface area contributed by atoms with Crippen LogP contribution in [0.4, 0.5) is 0 Å². The van der Waals surface area contributed by atoms with E-state index in [4.69, 9.17) is 18.9 Å². The van der Waals surface area contributed by atoms with Crippen LogP contribution in [0.2, 0.25) is 0 Å². The zero-order chi connectivity index (χ0) is 16.2. The van der Waals surface area contributed by atoms with Crippen molar-refractivity contribution in [1.29, 1.82) is 0 Å². The van der Waals surface area contributed by atoms with Gasteiger partial charge in [0.15, 0.2) is 0 Å². The fourth-order valence-electron chi connectivity index (χ4n) is 2.65. The van der Waals surface area contributed by atoms with Gasteiger partial charge in [0.1, 0.15) is 18.3 Å². The van der Waals surface area contributed by atoms with E-state index in [0.29, 0.717) is 6.61 Å². The minimum atomic E-state index is -0.00432. The number of hydrogen-bond acceptors (Lipinski definition) is 4. The molecule has 0 saturated carbocycles. The van der Waals surface area contributed by atoms with Crippen molar-refractivity contribution in [3.05, 3.63) is 0 Å². The summed E-state index contributed by atoms with van der Waals surface area (Å²) in [6.07, 6.45) is 6.80. The molecular formula is C18H36O4. The van der Waals surface area contributed by atoms with Gasteiger partial charge in [0, 0.05) is 19.8 Å². The third-order valence-electron chi connectivity index (χ3n) is 4.08. The minimum Gasteiger partial charge on any atom is -0.379 e. The van der Waals surface area contributed by atoms with Crippen LogP contribution in [0.3, 0.4) is 0 Å². The van der Waals surface area contributed by atoms with Crippen molar-refractivity contribution in [2.75, 3.05) is 26.4 Å². The van der Waals surface area contributed by atoms with Gasteiger partial charge in [-0.15, -0.1) is 0 Å². The van der Waals surface area contributed by atoms with Crippen LogP contribution in [-0.4, -0.2) is 50.8 Å². The van der Waals surface area contributed by atoms with Crippen LogP contribution in [0.25, 0.3) is 0 Å². The molecule has 1 aliphatic rings. The van der Waals surface area contributed by atoms with Crippen LogP contribution in [0.5, 0.6) is 0 Å². The van der Waals surface area contributed by atoms with E-state index >= 15 is 0 Å². The molecular weight excluding hydrogens is 280 g/mol. The lowest BCUT2D eigenvalue weighted by atomic mass is 10.1. The molecule has 1 rings (SSSR count). The zero-order valence-corrected chi connectivity index (χ0v) is 15.0. The van der Waals surface area contributed by atoms with E-state index in [9.17, 15) is 0 Å². The quantitative estimate of drug-likeness (QED) is 0.482. The van der Waals surface area contributed by atoms with Crippen LogP contribution in [0.1, 0.15) is 66.2 Å². The second-order valence-electron chi connectivity index (χ2n) is 6.19. The third-order valence-corrected chi connectivity index (χ3v) is 4.08. The first-order valence-electron chi connectivity index (χ1n) is 9.20. The molecule has 1 saturated heterocycles. The Labute approximate surface area is 136 Å².